The van der Waals surface area contributed by atoms with Gasteiger partial charge in [0.05, 0.1) is 0 Å². The largest absolute Gasteiger partial charge is 0.326 e. The summed E-state index contributed by atoms with van der Waals surface area (Å²) in [5.74, 6) is 0.797. The summed E-state index contributed by atoms with van der Waals surface area (Å²) < 4.78 is 0. The van der Waals surface area contributed by atoms with Crippen LogP contribution in [0.2, 0.25) is 0 Å². The molecule has 0 heterocycles. The normalized spacial score (nSPS) is 12.6. The van der Waals surface area contributed by atoms with E-state index < -0.39 is 0 Å². The van der Waals surface area contributed by atoms with Gasteiger partial charge in [-0.2, -0.15) is 0 Å². The van der Waals surface area contributed by atoms with E-state index in [1.54, 1.807) is 0 Å². The monoisotopic (exact) mass is 239 g/mol. The molecule has 1 aromatic rings. The van der Waals surface area contributed by atoms with Crippen LogP contribution in [0, 0.1) is 11.8 Å². The number of hydrogen-bond donors (Lipinski definition) is 1. The molecule has 0 spiro atoms. The zero-order valence-corrected chi connectivity index (χ0v) is 10.7. The lowest BCUT2D eigenvalue weighted by molar-refractivity contribution is -0.120. The van der Waals surface area contributed by atoms with Crippen LogP contribution in [-0.4, -0.2) is 5.91 Å². The molecule has 0 radical (unpaired) electrons. The van der Waals surface area contributed by atoms with Crippen molar-refractivity contribution in [1.29, 1.82) is 0 Å². The molecule has 1 aromatic carbocycles. The number of carbonyl (C=O) groups excluding carboxylic acids is 1. The van der Waals surface area contributed by atoms with Crippen LogP contribution in [0.5, 0.6) is 0 Å². The Hall–Kier alpha value is -1.02. The van der Waals surface area contributed by atoms with Gasteiger partial charge in [0.25, 0.3) is 0 Å². The number of rotatable bonds is 4. The van der Waals surface area contributed by atoms with Gasteiger partial charge < -0.3 is 5.32 Å². The molecule has 0 aliphatic heterocycles. The van der Waals surface area contributed by atoms with Crippen LogP contribution in [0.4, 0.5) is 5.69 Å². The summed E-state index contributed by atoms with van der Waals surface area (Å²) in [5, 5.41) is 2.92. The first kappa shape index (κ1) is 13.0. The number of alkyl halides is 1. The van der Waals surface area contributed by atoms with Gasteiger partial charge in [-0.05, 0) is 17.5 Å². The van der Waals surface area contributed by atoms with Gasteiger partial charge in [0, 0.05) is 17.5 Å². The summed E-state index contributed by atoms with van der Waals surface area (Å²) in [4.78, 5) is 11.9. The average molecular weight is 240 g/mol. The number of anilines is 1. The highest BCUT2D eigenvalue weighted by Crippen LogP contribution is 2.19. The van der Waals surface area contributed by atoms with Crippen LogP contribution in [0.3, 0.4) is 0 Å². The highest BCUT2D eigenvalue weighted by Gasteiger charge is 2.17. The molecular formula is C13H18ClNO. The van der Waals surface area contributed by atoms with Crippen molar-refractivity contribution >= 4 is 23.2 Å². The Balaban J connectivity index is 2.76. The van der Waals surface area contributed by atoms with Gasteiger partial charge in [-0.3, -0.25) is 4.79 Å². The van der Waals surface area contributed by atoms with Gasteiger partial charge in [0.15, 0.2) is 0 Å². The van der Waals surface area contributed by atoms with E-state index in [0.717, 1.165) is 11.3 Å². The molecular weight excluding hydrogens is 222 g/mol. The molecule has 1 N–H and O–H groups in total. The smallest absolute Gasteiger partial charge is 0.227 e. The van der Waals surface area contributed by atoms with Gasteiger partial charge >= 0.3 is 0 Å². The van der Waals surface area contributed by atoms with E-state index >= 15 is 0 Å². The molecule has 0 fully saturated rings. The van der Waals surface area contributed by atoms with E-state index in [9.17, 15) is 4.79 Å². The summed E-state index contributed by atoms with van der Waals surface area (Å²) in [6.45, 7) is 6.01. The Morgan fingerprint density at radius 1 is 1.31 bits per heavy atom. The van der Waals surface area contributed by atoms with Crippen molar-refractivity contribution in [2.75, 3.05) is 5.32 Å². The van der Waals surface area contributed by atoms with Crippen LogP contribution in [-0.2, 0) is 10.7 Å². The maximum Gasteiger partial charge on any atom is 0.227 e. The fourth-order valence-corrected chi connectivity index (χ4v) is 1.54. The van der Waals surface area contributed by atoms with Crippen molar-refractivity contribution in [3.63, 3.8) is 0 Å². The number of amides is 1. The van der Waals surface area contributed by atoms with Crippen molar-refractivity contribution in [2.24, 2.45) is 11.8 Å². The lowest BCUT2D eigenvalue weighted by Gasteiger charge is -2.16. The van der Waals surface area contributed by atoms with Crippen LogP contribution < -0.4 is 5.32 Å². The van der Waals surface area contributed by atoms with Crippen molar-refractivity contribution in [2.45, 2.75) is 26.7 Å². The minimum atomic E-state index is 0.00313. The van der Waals surface area contributed by atoms with E-state index in [-0.39, 0.29) is 11.8 Å². The number of nitrogens with one attached hydrogen (secondary N) is 1. The van der Waals surface area contributed by atoms with Gasteiger partial charge in [-0.1, -0.05) is 39.0 Å². The van der Waals surface area contributed by atoms with Crippen LogP contribution in [0.15, 0.2) is 24.3 Å². The van der Waals surface area contributed by atoms with Gasteiger partial charge in [0.1, 0.15) is 0 Å². The molecule has 16 heavy (non-hydrogen) atoms. The molecule has 1 rings (SSSR count). The summed E-state index contributed by atoms with van der Waals surface area (Å²) >= 11 is 5.81. The Kier molecular flexibility index (Phi) is 4.81. The van der Waals surface area contributed by atoms with E-state index in [4.69, 9.17) is 11.6 Å². The van der Waals surface area contributed by atoms with Crippen molar-refractivity contribution in [1.82, 2.24) is 0 Å². The maximum atomic E-state index is 11.9. The molecule has 0 aliphatic rings. The third-order valence-corrected chi connectivity index (χ3v) is 3.12. The van der Waals surface area contributed by atoms with Crippen LogP contribution in [0.1, 0.15) is 26.3 Å². The number of hydrogen-bond acceptors (Lipinski definition) is 1. The molecule has 0 bridgehead atoms. The minimum absolute atomic E-state index is 0.00313. The Bertz CT molecular complexity index is 363. The molecule has 0 saturated carbocycles. The number of para-hydroxylation sites is 1. The third-order valence-electron chi connectivity index (χ3n) is 2.83. The molecule has 2 nitrogen and oxygen atoms in total. The topological polar surface area (TPSA) is 29.1 Å². The summed E-state index contributed by atoms with van der Waals surface area (Å²) in [5.41, 5.74) is 1.77. The van der Waals surface area contributed by atoms with Gasteiger partial charge in [-0.15, -0.1) is 11.6 Å². The number of halogens is 1. The second-order valence-corrected chi connectivity index (χ2v) is 4.58. The molecule has 88 valence electrons. The summed E-state index contributed by atoms with van der Waals surface area (Å²) in [6, 6.07) is 7.61. The highest BCUT2D eigenvalue weighted by molar-refractivity contribution is 6.17. The van der Waals surface area contributed by atoms with Crippen molar-refractivity contribution < 1.29 is 4.79 Å². The summed E-state index contributed by atoms with van der Waals surface area (Å²) in [6.07, 6.45) is 0. The first-order valence-electron chi connectivity index (χ1n) is 5.51. The molecule has 0 saturated heterocycles. The lowest BCUT2D eigenvalue weighted by atomic mass is 9.97. The average Bonchev–Trinajstić information content (AvgIpc) is 2.28. The Labute approximate surface area is 102 Å². The van der Waals surface area contributed by atoms with Gasteiger partial charge in [-0.25, -0.2) is 0 Å². The molecule has 1 amide bonds. The first-order chi connectivity index (χ1) is 7.56. The predicted molar refractivity (Wildman–Crippen MR) is 68.6 cm³/mol. The third kappa shape index (κ3) is 3.24. The minimum Gasteiger partial charge on any atom is -0.326 e. The Morgan fingerprint density at radius 3 is 2.50 bits per heavy atom. The number of carbonyl (C=O) groups is 1. The van der Waals surface area contributed by atoms with E-state index in [0.29, 0.717) is 11.8 Å². The fourth-order valence-electron chi connectivity index (χ4n) is 1.31. The molecule has 1 atom stereocenters. The zero-order valence-electron chi connectivity index (χ0n) is 9.96. The SMILES string of the molecule is CC(C)C(C)C(=O)Nc1ccccc1CCl. The Morgan fingerprint density at radius 2 is 1.94 bits per heavy atom. The van der Waals surface area contributed by atoms with Crippen molar-refractivity contribution in [3.8, 4) is 0 Å². The standard InChI is InChI=1S/C13H18ClNO/c1-9(2)10(3)13(16)15-12-7-5-4-6-11(12)8-14/h4-7,9-10H,8H2,1-3H3,(H,15,16). The highest BCUT2D eigenvalue weighted by atomic mass is 35.5. The molecule has 1 unspecified atom stereocenters. The predicted octanol–water partition coefficient (Wildman–Crippen LogP) is 3.66. The second kappa shape index (κ2) is 5.90. The maximum absolute atomic E-state index is 11.9. The molecule has 0 aromatic heterocycles. The summed E-state index contributed by atoms with van der Waals surface area (Å²) in [7, 11) is 0. The first-order valence-corrected chi connectivity index (χ1v) is 6.04. The van der Waals surface area contributed by atoms with Crippen molar-refractivity contribution in [3.05, 3.63) is 29.8 Å². The van der Waals surface area contributed by atoms with Crippen LogP contribution >= 0.6 is 11.6 Å². The quantitative estimate of drug-likeness (QED) is 0.799. The molecule has 0 aliphatic carbocycles. The number of benzene rings is 1. The molecule has 3 heteroatoms. The van der Waals surface area contributed by atoms with E-state index in [2.05, 4.69) is 5.32 Å². The van der Waals surface area contributed by atoms with E-state index in [1.165, 1.54) is 0 Å². The lowest BCUT2D eigenvalue weighted by Crippen LogP contribution is -2.24. The fraction of sp³-hybridized carbons (Fsp3) is 0.462. The second-order valence-electron chi connectivity index (χ2n) is 4.31. The van der Waals surface area contributed by atoms with Crippen LogP contribution in [0.25, 0.3) is 0 Å². The zero-order chi connectivity index (χ0) is 12.1. The van der Waals surface area contributed by atoms with E-state index in [1.807, 2.05) is 45.0 Å². The van der Waals surface area contributed by atoms with Gasteiger partial charge in [0.2, 0.25) is 5.91 Å².